The molecule has 0 unspecified atom stereocenters. The number of ether oxygens (including phenoxy) is 1. The minimum Gasteiger partial charge on any atom is -0.504 e. The molecule has 84 valence electrons. The molecule has 0 bridgehead atoms. The molecule has 0 aliphatic carbocycles. The van der Waals surface area contributed by atoms with Crippen LogP contribution in [-0.2, 0) is 12.8 Å². The Morgan fingerprint density at radius 3 is 2.80 bits per heavy atom. The van der Waals surface area contributed by atoms with E-state index in [0.717, 1.165) is 19.3 Å². The van der Waals surface area contributed by atoms with Crippen molar-refractivity contribution >= 4 is 0 Å². The maximum absolute atomic E-state index is 9.88. The number of allylic oxidation sites excluding steroid dienone is 1. The molecular weight excluding hydrogens is 192 g/mol. The number of methoxy groups -OCH3 is 1. The van der Waals surface area contributed by atoms with Gasteiger partial charge < -0.3 is 14.3 Å². The van der Waals surface area contributed by atoms with E-state index in [1.54, 1.807) is 6.08 Å². The largest absolute Gasteiger partial charge is 0.504 e. The van der Waals surface area contributed by atoms with Crippen molar-refractivity contribution in [1.29, 1.82) is 0 Å². The van der Waals surface area contributed by atoms with E-state index in [0.29, 0.717) is 23.7 Å². The molecule has 3 nitrogen and oxygen atoms in total. The number of aryl methyl sites for hydroxylation is 1. The smallest absolute Gasteiger partial charge is 0.291 e. The summed E-state index contributed by atoms with van der Waals surface area (Å²) in [7, 11) is 1.54. The van der Waals surface area contributed by atoms with E-state index in [1.165, 1.54) is 7.11 Å². The number of hydrogen-bond acceptors (Lipinski definition) is 3. The van der Waals surface area contributed by atoms with Gasteiger partial charge in [0.25, 0.3) is 5.95 Å². The number of furan rings is 1. The molecule has 1 aromatic rings. The zero-order valence-electron chi connectivity index (χ0n) is 9.38. The highest BCUT2D eigenvalue weighted by Gasteiger charge is 2.18. The van der Waals surface area contributed by atoms with Crippen LogP contribution in [0.4, 0.5) is 0 Å². The van der Waals surface area contributed by atoms with Crippen LogP contribution in [-0.4, -0.2) is 12.2 Å². The molecule has 0 aromatic carbocycles. The van der Waals surface area contributed by atoms with Gasteiger partial charge in [0, 0.05) is 12.8 Å². The Morgan fingerprint density at radius 2 is 2.27 bits per heavy atom. The van der Waals surface area contributed by atoms with E-state index in [1.807, 2.05) is 0 Å². The quantitative estimate of drug-likeness (QED) is 0.734. The highest BCUT2D eigenvalue weighted by Crippen LogP contribution is 2.36. The summed E-state index contributed by atoms with van der Waals surface area (Å²) in [5.74, 6) is 1.24. The third-order valence-corrected chi connectivity index (χ3v) is 2.30. The summed E-state index contributed by atoms with van der Waals surface area (Å²) in [6, 6.07) is 0. The van der Waals surface area contributed by atoms with Gasteiger partial charge in [-0.15, -0.1) is 6.58 Å². The lowest BCUT2D eigenvalue weighted by Gasteiger charge is -1.96. The minimum atomic E-state index is 0.222. The standard InChI is InChI=1S/C12H18O3/c1-4-6-8-10-11(13)9(7-5-2)12(14-3)15-10/h5,13H,2,4,6-8H2,1,3H3. The topological polar surface area (TPSA) is 42.6 Å². The Kier molecular flexibility index (Phi) is 4.28. The number of unbranched alkanes of at least 4 members (excludes halogenated alkanes) is 1. The summed E-state index contributed by atoms with van der Waals surface area (Å²) in [4.78, 5) is 0. The van der Waals surface area contributed by atoms with Gasteiger partial charge in [0.15, 0.2) is 5.75 Å². The highest BCUT2D eigenvalue weighted by atomic mass is 16.6. The SMILES string of the molecule is C=CCc1c(OC)oc(CCCC)c1O. The van der Waals surface area contributed by atoms with Crippen molar-refractivity contribution in [2.24, 2.45) is 0 Å². The molecule has 0 amide bonds. The second-order valence-electron chi connectivity index (χ2n) is 3.44. The molecule has 0 aliphatic heterocycles. The Hall–Kier alpha value is -1.38. The molecule has 0 fully saturated rings. The van der Waals surface area contributed by atoms with Gasteiger partial charge in [-0.3, -0.25) is 0 Å². The average Bonchev–Trinajstić information content (AvgIpc) is 2.54. The van der Waals surface area contributed by atoms with Crippen molar-refractivity contribution in [2.45, 2.75) is 32.6 Å². The highest BCUT2D eigenvalue weighted by molar-refractivity contribution is 5.43. The van der Waals surface area contributed by atoms with Gasteiger partial charge in [0.2, 0.25) is 0 Å². The van der Waals surface area contributed by atoms with Gasteiger partial charge >= 0.3 is 0 Å². The van der Waals surface area contributed by atoms with Crippen molar-refractivity contribution in [3.8, 4) is 11.7 Å². The van der Waals surface area contributed by atoms with Crippen LogP contribution in [0.5, 0.6) is 11.7 Å². The molecule has 1 aromatic heterocycles. The van der Waals surface area contributed by atoms with Crippen molar-refractivity contribution in [2.75, 3.05) is 7.11 Å². The van der Waals surface area contributed by atoms with E-state index < -0.39 is 0 Å². The van der Waals surface area contributed by atoms with Crippen LogP contribution in [0, 0.1) is 0 Å². The normalized spacial score (nSPS) is 10.3. The molecule has 3 heteroatoms. The number of rotatable bonds is 6. The first-order valence-corrected chi connectivity index (χ1v) is 5.22. The van der Waals surface area contributed by atoms with E-state index >= 15 is 0 Å². The molecule has 15 heavy (non-hydrogen) atoms. The maximum atomic E-state index is 9.88. The number of hydrogen-bond donors (Lipinski definition) is 1. The molecule has 0 saturated carbocycles. The molecule has 1 rings (SSSR count). The van der Waals surface area contributed by atoms with Gasteiger partial charge in [-0.05, 0) is 6.42 Å². The van der Waals surface area contributed by atoms with Gasteiger partial charge in [-0.25, -0.2) is 0 Å². The van der Waals surface area contributed by atoms with Crippen molar-refractivity contribution in [3.05, 3.63) is 24.0 Å². The first kappa shape index (κ1) is 11.7. The number of aromatic hydroxyl groups is 1. The average molecular weight is 210 g/mol. The molecule has 0 radical (unpaired) electrons. The zero-order chi connectivity index (χ0) is 11.3. The van der Waals surface area contributed by atoms with Crippen molar-refractivity contribution < 1.29 is 14.3 Å². The molecule has 1 N–H and O–H groups in total. The lowest BCUT2D eigenvalue weighted by molar-refractivity contribution is 0.289. The Balaban J connectivity index is 2.93. The lowest BCUT2D eigenvalue weighted by Crippen LogP contribution is -1.85. The van der Waals surface area contributed by atoms with Crippen LogP contribution >= 0.6 is 0 Å². The van der Waals surface area contributed by atoms with Crippen molar-refractivity contribution in [3.63, 3.8) is 0 Å². The molecule has 1 heterocycles. The molecule has 0 saturated heterocycles. The summed E-state index contributed by atoms with van der Waals surface area (Å²) >= 11 is 0. The third kappa shape index (κ3) is 2.55. The third-order valence-electron chi connectivity index (χ3n) is 2.30. The summed E-state index contributed by atoms with van der Waals surface area (Å²) in [6.07, 6.45) is 5.09. The Labute approximate surface area is 90.4 Å². The lowest BCUT2D eigenvalue weighted by atomic mass is 10.1. The fourth-order valence-corrected chi connectivity index (χ4v) is 1.48. The van der Waals surface area contributed by atoms with Crippen LogP contribution < -0.4 is 4.74 Å². The molecular formula is C12H18O3. The van der Waals surface area contributed by atoms with Gasteiger partial charge in [0.1, 0.15) is 5.76 Å². The first-order valence-electron chi connectivity index (χ1n) is 5.22. The van der Waals surface area contributed by atoms with Crippen LogP contribution in [0.1, 0.15) is 31.1 Å². The summed E-state index contributed by atoms with van der Waals surface area (Å²) in [5, 5.41) is 9.88. The molecule has 0 aliphatic rings. The molecule has 0 spiro atoms. The Morgan fingerprint density at radius 1 is 1.53 bits per heavy atom. The van der Waals surface area contributed by atoms with Crippen LogP contribution in [0.3, 0.4) is 0 Å². The fraction of sp³-hybridized carbons (Fsp3) is 0.500. The van der Waals surface area contributed by atoms with Crippen LogP contribution in [0.15, 0.2) is 17.1 Å². The Bertz CT molecular complexity index is 326. The van der Waals surface area contributed by atoms with E-state index in [-0.39, 0.29) is 5.75 Å². The maximum Gasteiger partial charge on any atom is 0.291 e. The van der Waals surface area contributed by atoms with Gasteiger partial charge in [-0.2, -0.15) is 0 Å². The van der Waals surface area contributed by atoms with Gasteiger partial charge in [-0.1, -0.05) is 19.4 Å². The van der Waals surface area contributed by atoms with E-state index in [9.17, 15) is 5.11 Å². The summed E-state index contributed by atoms with van der Waals surface area (Å²) in [5.41, 5.74) is 0.693. The minimum absolute atomic E-state index is 0.222. The van der Waals surface area contributed by atoms with Crippen molar-refractivity contribution in [1.82, 2.24) is 0 Å². The monoisotopic (exact) mass is 210 g/mol. The first-order chi connectivity index (χ1) is 7.24. The van der Waals surface area contributed by atoms with Crippen LogP contribution in [0.2, 0.25) is 0 Å². The van der Waals surface area contributed by atoms with E-state index in [2.05, 4.69) is 13.5 Å². The fourth-order valence-electron chi connectivity index (χ4n) is 1.48. The predicted octanol–water partition coefficient (Wildman–Crippen LogP) is 3.06. The summed E-state index contributed by atoms with van der Waals surface area (Å²) in [6.45, 7) is 5.73. The summed E-state index contributed by atoms with van der Waals surface area (Å²) < 4.78 is 10.5. The predicted molar refractivity (Wildman–Crippen MR) is 59.4 cm³/mol. The zero-order valence-corrected chi connectivity index (χ0v) is 9.38. The van der Waals surface area contributed by atoms with E-state index in [4.69, 9.17) is 9.15 Å². The second kappa shape index (κ2) is 5.49. The van der Waals surface area contributed by atoms with Crippen LogP contribution in [0.25, 0.3) is 0 Å². The second-order valence-corrected chi connectivity index (χ2v) is 3.44. The molecule has 0 atom stereocenters. The van der Waals surface area contributed by atoms with Gasteiger partial charge in [0.05, 0.1) is 12.7 Å².